The number of aromatic nitrogens is 2. The van der Waals surface area contributed by atoms with Crippen molar-refractivity contribution in [1.29, 1.82) is 0 Å². The normalized spacial score (nSPS) is 23.8. The highest BCUT2D eigenvalue weighted by atomic mass is 35.5. The Hall–Kier alpha value is -1.27. The highest BCUT2D eigenvalue weighted by Crippen LogP contribution is 2.64. The van der Waals surface area contributed by atoms with E-state index in [4.69, 9.17) is 27.9 Å². The largest absolute Gasteiger partial charge is 0.452 e. The zero-order chi connectivity index (χ0) is 16.9. The van der Waals surface area contributed by atoms with Crippen LogP contribution in [0.3, 0.4) is 0 Å². The van der Waals surface area contributed by atoms with Gasteiger partial charge in [0, 0.05) is 13.5 Å². The van der Waals surface area contributed by atoms with Crippen LogP contribution in [-0.2, 0) is 21.4 Å². The average Bonchev–Trinajstić information content (AvgIpc) is 2.84. The maximum atomic E-state index is 12.2. The minimum Gasteiger partial charge on any atom is -0.452 e. The van der Waals surface area contributed by atoms with Gasteiger partial charge in [-0.15, -0.1) is 23.2 Å². The smallest absolute Gasteiger partial charge is 0.315 e. The van der Waals surface area contributed by atoms with E-state index in [1.807, 2.05) is 6.92 Å². The fraction of sp³-hybridized carbons (Fsp3) is 0.643. The molecule has 2 rings (SSSR count). The predicted octanol–water partition coefficient (Wildman–Crippen LogP) is 2.49. The summed E-state index contributed by atoms with van der Waals surface area (Å²) in [5.41, 5.74) is 1.18. The number of anilines is 1. The lowest BCUT2D eigenvalue weighted by molar-refractivity contribution is -0.158. The van der Waals surface area contributed by atoms with Crippen LogP contribution >= 0.6 is 23.2 Å². The standard InChI is InChI=1S/C14H19Cl2N3O3/c1-7-10(8(2)19(5)18-7)17-11(20)9(3)22-12(21)13(4)6-14(13,15)16/h9H,6H2,1-5H3,(H,17,20)/t9-,13-/m1/s1. The first kappa shape index (κ1) is 17.1. The van der Waals surface area contributed by atoms with Crippen LogP contribution in [0, 0.1) is 19.3 Å². The number of halogens is 2. The first-order valence-corrected chi connectivity index (χ1v) is 7.65. The van der Waals surface area contributed by atoms with Crippen molar-refractivity contribution in [3.63, 3.8) is 0 Å². The van der Waals surface area contributed by atoms with Crippen LogP contribution in [0.5, 0.6) is 0 Å². The molecular weight excluding hydrogens is 329 g/mol. The van der Waals surface area contributed by atoms with Gasteiger partial charge < -0.3 is 10.1 Å². The molecule has 22 heavy (non-hydrogen) atoms. The van der Waals surface area contributed by atoms with Crippen molar-refractivity contribution in [2.24, 2.45) is 12.5 Å². The lowest BCUT2D eigenvalue weighted by Gasteiger charge is -2.17. The SMILES string of the molecule is Cc1nn(C)c(C)c1NC(=O)[C@@H](C)OC(=O)[C@@]1(C)CC1(Cl)Cl. The molecule has 122 valence electrons. The van der Waals surface area contributed by atoms with Gasteiger partial charge in [-0.25, -0.2) is 0 Å². The highest BCUT2D eigenvalue weighted by Gasteiger charge is 2.69. The zero-order valence-corrected chi connectivity index (χ0v) is 14.7. The predicted molar refractivity (Wildman–Crippen MR) is 84.0 cm³/mol. The molecule has 1 aromatic rings. The molecule has 0 aliphatic heterocycles. The minimum absolute atomic E-state index is 0.317. The molecule has 1 amide bonds. The van der Waals surface area contributed by atoms with E-state index >= 15 is 0 Å². The molecule has 0 radical (unpaired) electrons. The van der Waals surface area contributed by atoms with Gasteiger partial charge in [0.1, 0.15) is 9.75 Å². The Bertz CT molecular complexity index is 642. The van der Waals surface area contributed by atoms with Gasteiger partial charge in [-0.2, -0.15) is 5.10 Å². The fourth-order valence-electron chi connectivity index (χ4n) is 2.14. The van der Waals surface area contributed by atoms with Crippen LogP contribution in [0.15, 0.2) is 0 Å². The molecule has 2 atom stereocenters. The summed E-state index contributed by atoms with van der Waals surface area (Å²) < 4.78 is 5.74. The van der Waals surface area contributed by atoms with Crippen LogP contribution in [0.4, 0.5) is 5.69 Å². The number of rotatable bonds is 4. The number of amides is 1. The van der Waals surface area contributed by atoms with Crippen molar-refractivity contribution in [1.82, 2.24) is 9.78 Å². The van der Waals surface area contributed by atoms with Crippen LogP contribution in [0.2, 0.25) is 0 Å². The Kier molecular flexibility index (Phi) is 4.21. The summed E-state index contributed by atoms with van der Waals surface area (Å²) in [7, 11) is 1.79. The van der Waals surface area contributed by atoms with Crippen LogP contribution in [0.1, 0.15) is 31.7 Å². The molecule has 1 aliphatic rings. The van der Waals surface area contributed by atoms with Gasteiger partial charge in [-0.3, -0.25) is 14.3 Å². The molecule has 0 bridgehead atoms. The van der Waals surface area contributed by atoms with Crippen molar-refractivity contribution in [2.45, 2.75) is 44.6 Å². The molecule has 1 fully saturated rings. The summed E-state index contributed by atoms with van der Waals surface area (Å²) in [6, 6.07) is 0. The third kappa shape index (κ3) is 2.82. The molecule has 8 heteroatoms. The van der Waals surface area contributed by atoms with E-state index in [2.05, 4.69) is 10.4 Å². The van der Waals surface area contributed by atoms with E-state index in [1.54, 1.807) is 25.6 Å². The Morgan fingerprint density at radius 1 is 1.41 bits per heavy atom. The van der Waals surface area contributed by atoms with Crippen molar-refractivity contribution in [3.05, 3.63) is 11.4 Å². The molecular formula is C14H19Cl2N3O3. The van der Waals surface area contributed by atoms with E-state index in [-0.39, 0.29) is 0 Å². The quantitative estimate of drug-likeness (QED) is 0.670. The molecule has 1 saturated carbocycles. The van der Waals surface area contributed by atoms with E-state index in [0.717, 1.165) is 5.69 Å². The summed E-state index contributed by atoms with van der Waals surface area (Å²) in [5.74, 6) is -0.994. The van der Waals surface area contributed by atoms with Gasteiger partial charge >= 0.3 is 5.97 Å². The van der Waals surface area contributed by atoms with Crippen LogP contribution < -0.4 is 5.32 Å². The number of carbonyl (C=O) groups is 2. The van der Waals surface area contributed by atoms with Crippen molar-refractivity contribution in [2.75, 3.05) is 5.32 Å². The van der Waals surface area contributed by atoms with E-state index in [0.29, 0.717) is 17.8 Å². The number of hydrogen-bond donors (Lipinski definition) is 1. The Balaban J connectivity index is 2.00. The maximum absolute atomic E-state index is 12.2. The number of nitrogens with zero attached hydrogens (tertiary/aromatic N) is 2. The van der Waals surface area contributed by atoms with Crippen molar-refractivity contribution in [3.8, 4) is 0 Å². The van der Waals surface area contributed by atoms with Gasteiger partial charge in [-0.1, -0.05) is 0 Å². The summed E-state index contributed by atoms with van der Waals surface area (Å²) in [6.07, 6.45) is -0.634. The number of hydrogen-bond acceptors (Lipinski definition) is 4. The summed E-state index contributed by atoms with van der Waals surface area (Å²) >= 11 is 11.9. The molecule has 1 aromatic heterocycles. The van der Waals surface area contributed by atoms with Crippen LogP contribution in [0.25, 0.3) is 0 Å². The second-order valence-electron chi connectivity index (χ2n) is 5.92. The molecule has 1 heterocycles. The number of nitrogens with one attached hydrogen (secondary N) is 1. The van der Waals surface area contributed by atoms with Crippen molar-refractivity contribution < 1.29 is 14.3 Å². The van der Waals surface area contributed by atoms with E-state index < -0.39 is 27.7 Å². The number of esters is 1. The average molecular weight is 348 g/mol. The molecule has 0 spiro atoms. The van der Waals surface area contributed by atoms with E-state index in [1.165, 1.54) is 6.92 Å². The monoisotopic (exact) mass is 347 g/mol. The number of alkyl halides is 2. The number of ether oxygens (including phenoxy) is 1. The van der Waals surface area contributed by atoms with Gasteiger partial charge in [0.2, 0.25) is 0 Å². The van der Waals surface area contributed by atoms with Gasteiger partial charge in [0.25, 0.3) is 5.91 Å². The Morgan fingerprint density at radius 2 is 1.95 bits per heavy atom. The second-order valence-corrected chi connectivity index (χ2v) is 7.40. The topological polar surface area (TPSA) is 73.2 Å². The lowest BCUT2D eigenvalue weighted by Crippen LogP contribution is -2.33. The highest BCUT2D eigenvalue weighted by molar-refractivity contribution is 6.53. The van der Waals surface area contributed by atoms with E-state index in [9.17, 15) is 9.59 Å². The van der Waals surface area contributed by atoms with Crippen molar-refractivity contribution >= 4 is 40.8 Å². The first-order valence-electron chi connectivity index (χ1n) is 6.89. The first-order chi connectivity index (χ1) is 9.99. The molecule has 1 aliphatic carbocycles. The Labute approximate surface area is 139 Å². The van der Waals surface area contributed by atoms with Gasteiger partial charge in [-0.05, 0) is 27.7 Å². The number of carbonyl (C=O) groups excluding carboxylic acids is 2. The third-order valence-corrected chi connectivity index (χ3v) is 5.22. The maximum Gasteiger partial charge on any atom is 0.315 e. The van der Waals surface area contributed by atoms with Gasteiger partial charge in [0.05, 0.1) is 17.1 Å². The second kappa shape index (κ2) is 5.42. The molecule has 0 unspecified atom stereocenters. The molecule has 1 N–H and O–H groups in total. The third-order valence-electron chi connectivity index (χ3n) is 4.12. The molecule has 0 saturated heterocycles. The van der Waals surface area contributed by atoms with Gasteiger partial charge in [0.15, 0.2) is 6.10 Å². The number of aryl methyl sites for hydroxylation is 2. The minimum atomic E-state index is -1.11. The lowest BCUT2D eigenvalue weighted by atomic mass is 10.1. The Morgan fingerprint density at radius 3 is 2.36 bits per heavy atom. The van der Waals surface area contributed by atoms with Crippen LogP contribution in [-0.4, -0.2) is 32.1 Å². The zero-order valence-electron chi connectivity index (χ0n) is 13.2. The fourth-order valence-corrected chi connectivity index (χ4v) is 2.83. The molecule has 0 aromatic carbocycles. The summed E-state index contributed by atoms with van der Waals surface area (Å²) in [6.45, 7) is 6.76. The summed E-state index contributed by atoms with van der Waals surface area (Å²) in [4.78, 5) is 24.2. The molecule has 6 nitrogen and oxygen atoms in total. The summed E-state index contributed by atoms with van der Waals surface area (Å²) in [5, 5.41) is 6.94.